The maximum absolute atomic E-state index is 6.12. The first kappa shape index (κ1) is 9.47. The Kier molecular flexibility index (Phi) is 2.42. The molecule has 0 saturated heterocycles. The third-order valence-electron chi connectivity index (χ3n) is 2.88. The van der Waals surface area contributed by atoms with Crippen LogP contribution in [0, 0.1) is 0 Å². The van der Waals surface area contributed by atoms with Gasteiger partial charge in [-0.3, -0.25) is 0 Å². The van der Waals surface area contributed by atoms with Crippen LogP contribution in [0.25, 0.3) is 0 Å². The summed E-state index contributed by atoms with van der Waals surface area (Å²) in [5.74, 6) is 0.543. The number of fused-ring (bicyclic) bond motifs is 1. The fourth-order valence-electron chi connectivity index (χ4n) is 2.14. The predicted molar refractivity (Wildman–Crippen MR) is 60.3 cm³/mol. The monoisotopic (exact) mass is 187 g/mol. The zero-order valence-electron chi connectivity index (χ0n) is 8.83. The van der Waals surface area contributed by atoms with Crippen molar-refractivity contribution in [1.29, 1.82) is 0 Å². The van der Waals surface area contributed by atoms with Crippen LogP contribution in [0.1, 0.15) is 30.9 Å². The Balaban J connectivity index is 2.15. The number of benzene rings is 1. The molecule has 0 heterocycles. The molecular weight excluding hydrogens is 170 g/mol. The fraction of sp³-hybridized carbons (Fsp3) is 0.385. The molecule has 1 nitrogen and oxygen atoms in total. The van der Waals surface area contributed by atoms with Gasteiger partial charge in [0.25, 0.3) is 0 Å². The standard InChI is InChI=1S/C13H17N/c1-9(2)7-13(14)12-8-10-5-3-4-6-11(10)12/h3-7,12-13H,8,14H2,1-2H3. The van der Waals surface area contributed by atoms with Gasteiger partial charge in [-0.25, -0.2) is 0 Å². The quantitative estimate of drug-likeness (QED) is 0.708. The Morgan fingerprint density at radius 3 is 2.79 bits per heavy atom. The zero-order valence-corrected chi connectivity index (χ0v) is 8.83. The molecule has 1 aromatic carbocycles. The molecule has 0 radical (unpaired) electrons. The van der Waals surface area contributed by atoms with E-state index in [1.54, 1.807) is 0 Å². The molecule has 1 aliphatic rings. The van der Waals surface area contributed by atoms with Gasteiger partial charge >= 0.3 is 0 Å². The minimum atomic E-state index is 0.190. The summed E-state index contributed by atoms with van der Waals surface area (Å²) in [6.45, 7) is 4.20. The van der Waals surface area contributed by atoms with Crippen molar-refractivity contribution in [1.82, 2.24) is 0 Å². The SMILES string of the molecule is CC(C)=CC(N)C1Cc2ccccc21. The van der Waals surface area contributed by atoms with Crippen LogP contribution in [0.5, 0.6) is 0 Å². The van der Waals surface area contributed by atoms with E-state index < -0.39 is 0 Å². The summed E-state index contributed by atoms with van der Waals surface area (Å²) in [4.78, 5) is 0. The Bertz CT molecular complexity index is 361. The predicted octanol–water partition coefficient (Wildman–Crippen LogP) is 2.62. The van der Waals surface area contributed by atoms with Crippen molar-refractivity contribution in [2.75, 3.05) is 0 Å². The molecule has 1 heteroatoms. The third kappa shape index (κ3) is 1.60. The molecule has 0 fully saturated rings. The topological polar surface area (TPSA) is 26.0 Å². The summed E-state index contributed by atoms with van der Waals surface area (Å²) < 4.78 is 0. The molecule has 2 unspecified atom stereocenters. The van der Waals surface area contributed by atoms with Crippen LogP contribution in [0.2, 0.25) is 0 Å². The van der Waals surface area contributed by atoms with Crippen LogP contribution in [-0.4, -0.2) is 6.04 Å². The third-order valence-corrected chi connectivity index (χ3v) is 2.88. The fourth-order valence-corrected chi connectivity index (χ4v) is 2.14. The lowest BCUT2D eigenvalue weighted by Crippen LogP contribution is -2.34. The van der Waals surface area contributed by atoms with Gasteiger partial charge in [-0.1, -0.05) is 35.9 Å². The highest BCUT2D eigenvalue weighted by Crippen LogP contribution is 2.37. The Morgan fingerprint density at radius 1 is 1.43 bits per heavy atom. The second-order valence-corrected chi connectivity index (χ2v) is 4.33. The summed E-state index contributed by atoms with van der Waals surface area (Å²) in [6, 6.07) is 8.78. The van der Waals surface area contributed by atoms with E-state index in [1.165, 1.54) is 16.7 Å². The molecule has 0 amide bonds. The van der Waals surface area contributed by atoms with E-state index in [2.05, 4.69) is 44.2 Å². The lowest BCUT2D eigenvalue weighted by molar-refractivity contribution is 0.545. The number of allylic oxidation sites excluding steroid dienone is 1. The van der Waals surface area contributed by atoms with Gasteiger partial charge in [0.05, 0.1) is 0 Å². The molecular formula is C13H17N. The second-order valence-electron chi connectivity index (χ2n) is 4.33. The summed E-state index contributed by atoms with van der Waals surface area (Å²) in [7, 11) is 0. The van der Waals surface area contributed by atoms with Crippen molar-refractivity contribution < 1.29 is 0 Å². The number of nitrogens with two attached hydrogens (primary N) is 1. The van der Waals surface area contributed by atoms with Crippen molar-refractivity contribution in [2.24, 2.45) is 5.73 Å². The Hall–Kier alpha value is -1.08. The molecule has 14 heavy (non-hydrogen) atoms. The molecule has 0 aliphatic heterocycles. The summed E-state index contributed by atoms with van der Waals surface area (Å²) in [5.41, 5.74) is 10.3. The van der Waals surface area contributed by atoms with Gasteiger partial charge in [-0.05, 0) is 31.4 Å². The normalized spacial score (nSPS) is 20.6. The van der Waals surface area contributed by atoms with Gasteiger partial charge in [0.1, 0.15) is 0 Å². The largest absolute Gasteiger partial charge is 0.324 e. The van der Waals surface area contributed by atoms with E-state index in [9.17, 15) is 0 Å². The van der Waals surface area contributed by atoms with Gasteiger partial charge in [0.2, 0.25) is 0 Å². The Morgan fingerprint density at radius 2 is 2.14 bits per heavy atom. The first-order valence-corrected chi connectivity index (χ1v) is 5.17. The van der Waals surface area contributed by atoms with E-state index in [0.29, 0.717) is 5.92 Å². The van der Waals surface area contributed by atoms with E-state index in [0.717, 1.165) is 6.42 Å². The Labute approximate surface area is 85.6 Å². The van der Waals surface area contributed by atoms with Crippen molar-refractivity contribution in [3.63, 3.8) is 0 Å². The van der Waals surface area contributed by atoms with Crippen molar-refractivity contribution in [2.45, 2.75) is 32.2 Å². The first-order chi connectivity index (χ1) is 6.68. The summed E-state index contributed by atoms with van der Waals surface area (Å²) >= 11 is 0. The highest BCUT2D eigenvalue weighted by Gasteiger charge is 2.29. The van der Waals surface area contributed by atoms with Crippen LogP contribution in [0.4, 0.5) is 0 Å². The number of hydrogen-bond donors (Lipinski definition) is 1. The second kappa shape index (κ2) is 3.58. The van der Waals surface area contributed by atoms with Crippen molar-refractivity contribution >= 4 is 0 Å². The smallest absolute Gasteiger partial charge is 0.0299 e. The molecule has 0 saturated carbocycles. The lowest BCUT2D eigenvalue weighted by atomic mass is 9.73. The van der Waals surface area contributed by atoms with Gasteiger partial charge in [0, 0.05) is 12.0 Å². The van der Waals surface area contributed by atoms with Crippen LogP contribution in [0.15, 0.2) is 35.9 Å². The van der Waals surface area contributed by atoms with Crippen LogP contribution in [-0.2, 0) is 6.42 Å². The summed E-state index contributed by atoms with van der Waals surface area (Å²) in [6.07, 6.45) is 3.31. The minimum Gasteiger partial charge on any atom is -0.324 e. The van der Waals surface area contributed by atoms with E-state index >= 15 is 0 Å². The molecule has 0 aromatic heterocycles. The molecule has 2 atom stereocenters. The van der Waals surface area contributed by atoms with Crippen LogP contribution < -0.4 is 5.73 Å². The highest BCUT2D eigenvalue weighted by molar-refractivity contribution is 5.42. The van der Waals surface area contributed by atoms with E-state index in [4.69, 9.17) is 5.73 Å². The van der Waals surface area contributed by atoms with Gasteiger partial charge in [-0.2, -0.15) is 0 Å². The van der Waals surface area contributed by atoms with E-state index in [1.807, 2.05) is 0 Å². The maximum Gasteiger partial charge on any atom is 0.0299 e. The number of hydrogen-bond acceptors (Lipinski definition) is 1. The minimum absolute atomic E-state index is 0.190. The highest BCUT2D eigenvalue weighted by atomic mass is 14.7. The molecule has 0 spiro atoms. The zero-order chi connectivity index (χ0) is 10.1. The number of rotatable bonds is 2. The molecule has 74 valence electrons. The van der Waals surface area contributed by atoms with Crippen LogP contribution >= 0.6 is 0 Å². The van der Waals surface area contributed by atoms with Gasteiger partial charge < -0.3 is 5.73 Å². The molecule has 2 N–H and O–H groups in total. The average molecular weight is 187 g/mol. The lowest BCUT2D eigenvalue weighted by Gasteiger charge is -2.33. The molecule has 1 aliphatic carbocycles. The van der Waals surface area contributed by atoms with E-state index in [-0.39, 0.29) is 6.04 Å². The van der Waals surface area contributed by atoms with Crippen LogP contribution in [0.3, 0.4) is 0 Å². The maximum atomic E-state index is 6.12. The molecule has 2 rings (SSSR count). The van der Waals surface area contributed by atoms with Gasteiger partial charge in [0.15, 0.2) is 0 Å². The van der Waals surface area contributed by atoms with Gasteiger partial charge in [-0.15, -0.1) is 0 Å². The first-order valence-electron chi connectivity index (χ1n) is 5.17. The van der Waals surface area contributed by atoms with Crippen molar-refractivity contribution in [3.05, 3.63) is 47.0 Å². The molecule has 1 aromatic rings. The summed E-state index contributed by atoms with van der Waals surface area (Å²) in [5, 5.41) is 0. The molecule has 0 bridgehead atoms. The van der Waals surface area contributed by atoms with Crippen molar-refractivity contribution in [3.8, 4) is 0 Å². The average Bonchev–Trinajstić information content (AvgIpc) is 2.05.